The van der Waals surface area contributed by atoms with E-state index in [9.17, 15) is 12.8 Å². The van der Waals surface area contributed by atoms with Crippen molar-refractivity contribution >= 4 is 21.6 Å². The minimum Gasteiger partial charge on any atom is -0.256 e. The van der Waals surface area contributed by atoms with E-state index >= 15 is 0 Å². The van der Waals surface area contributed by atoms with Crippen LogP contribution < -0.4 is 4.72 Å². The summed E-state index contributed by atoms with van der Waals surface area (Å²) in [4.78, 5) is 4.39. The molecule has 7 heteroatoms. The van der Waals surface area contributed by atoms with Crippen molar-refractivity contribution in [1.82, 2.24) is 9.71 Å². The van der Waals surface area contributed by atoms with Crippen molar-refractivity contribution in [1.29, 1.82) is 0 Å². The quantitative estimate of drug-likeness (QED) is 0.659. The lowest BCUT2D eigenvalue weighted by Gasteiger charge is -2.12. The Morgan fingerprint density at radius 3 is 2.63 bits per heavy atom. The fourth-order valence-electron chi connectivity index (χ4n) is 2.73. The Hall–Kier alpha value is -2.28. The maximum atomic E-state index is 13.9. The topological polar surface area (TPSA) is 59.1 Å². The van der Waals surface area contributed by atoms with E-state index in [0.717, 1.165) is 16.7 Å². The first-order valence-electron chi connectivity index (χ1n) is 8.27. The van der Waals surface area contributed by atoms with Gasteiger partial charge in [0.15, 0.2) is 0 Å². The molecule has 3 rings (SSSR count). The van der Waals surface area contributed by atoms with Crippen molar-refractivity contribution in [2.24, 2.45) is 0 Å². The van der Waals surface area contributed by atoms with Gasteiger partial charge in [-0.15, -0.1) is 0 Å². The van der Waals surface area contributed by atoms with Gasteiger partial charge in [0.05, 0.1) is 11.4 Å². The second-order valence-corrected chi connectivity index (χ2v) is 8.38. The number of aryl methyl sites for hydroxylation is 1. The highest BCUT2D eigenvalue weighted by atomic mass is 35.5. The molecule has 0 aliphatic rings. The van der Waals surface area contributed by atoms with Crippen LogP contribution in [0.4, 0.5) is 4.39 Å². The standard InChI is InChI=1S/C20H18ClFN2O2S/c1-14-5-2-6-15(11-14)20-16(7-4-10-23-20)12-24-27(25,26)13-17-18(21)8-3-9-19(17)22/h2-11,24H,12-13H2,1H3. The first-order chi connectivity index (χ1) is 12.9. The number of hydrogen-bond acceptors (Lipinski definition) is 3. The van der Waals surface area contributed by atoms with Crippen molar-refractivity contribution in [3.8, 4) is 11.3 Å². The van der Waals surface area contributed by atoms with Crippen LogP contribution in [0.1, 0.15) is 16.7 Å². The van der Waals surface area contributed by atoms with Gasteiger partial charge in [-0.1, -0.05) is 47.5 Å². The highest BCUT2D eigenvalue weighted by Gasteiger charge is 2.18. The number of benzene rings is 2. The summed E-state index contributed by atoms with van der Waals surface area (Å²) in [5.74, 6) is -1.17. The average molecular weight is 405 g/mol. The first kappa shape index (κ1) is 19.5. The summed E-state index contributed by atoms with van der Waals surface area (Å²) in [6, 6.07) is 15.5. The Bertz CT molecular complexity index is 1050. The summed E-state index contributed by atoms with van der Waals surface area (Å²) in [7, 11) is -3.79. The predicted octanol–water partition coefficient (Wildman–Crippen LogP) is 4.47. The summed E-state index contributed by atoms with van der Waals surface area (Å²) >= 11 is 5.93. The van der Waals surface area contributed by atoms with Crippen molar-refractivity contribution < 1.29 is 12.8 Å². The van der Waals surface area contributed by atoms with E-state index in [0.29, 0.717) is 5.69 Å². The maximum Gasteiger partial charge on any atom is 0.216 e. The third-order valence-corrected chi connectivity index (χ3v) is 5.67. The van der Waals surface area contributed by atoms with E-state index < -0.39 is 21.6 Å². The zero-order valence-corrected chi connectivity index (χ0v) is 16.2. The van der Waals surface area contributed by atoms with Crippen LogP contribution in [0.5, 0.6) is 0 Å². The first-order valence-corrected chi connectivity index (χ1v) is 10.3. The van der Waals surface area contributed by atoms with Crippen LogP contribution in [0.25, 0.3) is 11.3 Å². The Morgan fingerprint density at radius 1 is 1.11 bits per heavy atom. The summed E-state index contributed by atoms with van der Waals surface area (Å²) in [5, 5.41) is 0.0854. The number of rotatable bonds is 6. The van der Waals surface area contributed by atoms with Crippen LogP contribution in [0.3, 0.4) is 0 Å². The molecule has 0 spiro atoms. The van der Waals surface area contributed by atoms with Gasteiger partial charge < -0.3 is 0 Å². The monoisotopic (exact) mass is 404 g/mol. The van der Waals surface area contributed by atoms with Gasteiger partial charge in [0.1, 0.15) is 5.82 Å². The molecule has 0 saturated carbocycles. The van der Waals surface area contributed by atoms with Gasteiger partial charge in [0.2, 0.25) is 10.0 Å². The van der Waals surface area contributed by atoms with Crippen LogP contribution in [-0.4, -0.2) is 13.4 Å². The van der Waals surface area contributed by atoms with E-state index in [1.54, 1.807) is 12.3 Å². The van der Waals surface area contributed by atoms with E-state index in [1.807, 2.05) is 37.3 Å². The summed E-state index contributed by atoms with van der Waals surface area (Å²) < 4.78 is 41.2. The lowest BCUT2D eigenvalue weighted by molar-refractivity contribution is 0.574. The van der Waals surface area contributed by atoms with Crippen LogP contribution in [-0.2, 0) is 22.3 Å². The van der Waals surface area contributed by atoms with Crippen LogP contribution in [0.15, 0.2) is 60.8 Å². The summed E-state index contributed by atoms with van der Waals surface area (Å²) in [5.41, 5.74) is 3.37. The lowest BCUT2D eigenvalue weighted by Crippen LogP contribution is -2.25. The molecule has 1 aromatic heterocycles. The molecule has 1 heterocycles. The zero-order valence-electron chi connectivity index (χ0n) is 14.6. The third kappa shape index (κ3) is 4.91. The van der Waals surface area contributed by atoms with E-state index in [2.05, 4.69) is 9.71 Å². The molecule has 4 nitrogen and oxygen atoms in total. The molecule has 0 aliphatic carbocycles. The number of pyridine rings is 1. The number of aromatic nitrogens is 1. The highest BCUT2D eigenvalue weighted by molar-refractivity contribution is 7.88. The predicted molar refractivity (Wildman–Crippen MR) is 105 cm³/mol. The SMILES string of the molecule is Cc1cccc(-c2ncccc2CNS(=O)(=O)Cc2c(F)cccc2Cl)c1. The number of halogens is 2. The average Bonchev–Trinajstić information content (AvgIpc) is 2.64. The molecular weight excluding hydrogens is 387 g/mol. The molecule has 2 aromatic carbocycles. The number of sulfonamides is 1. The van der Waals surface area contributed by atoms with Crippen LogP contribution in [0.2, 0.25) is 5.02 Å². The molecule has 0 unspecified atom stereocenters. The smallest absolute Gasteiger partial charge is 0.216 e. The minimum absolute atomic E-state index is 0.0447. The molecule has 0 fully saturated rings. The Kier molecular flexibility index (Phi) is 5.89. The van der Waals surface area contributed by atoms with E-state index in [4.69, 9.17) is 11.6 Å². The highest BCUT2D eigenvalue weighted by Crippen LogP contribution is 2.23. The number of nitrogens with one attached hydrogen (secondary N) is 1. The molecule has 27 heavy (non-hydrogen) atoms. The van der Waals surface area contributed by atoms with Crippen molar-refractivity contribution in [2.45, 2.75) is 19.2 Å². The Labute approximate surface area is 163 Å². The fraction of sp³-hybridized carbons (Fsp3) is 0.150. The van der Waals surface area contributed by atoms with Gasteiger partial charge in [0, 0.05) is 28.9 Å². The molecular formula is C20H18ClFN2O2S. The van der Waals surface area contributed by atoms with Gasteiger partial charge in [-0.2, -0.15) is 0 Å². The number of hydrogen-bond donors (Lipinski definition) is 1. The maximum absolute atomic E-state index is 13.9. The molecule has 0 atom stereocenters. The Balaban J connectivity index is 1.81. The largest absolute Gasteiger partial charge is 0.256 e. The van der Waals surface area contributed by atoms with Gasteiger partial charge >= 0.3 is 0 Å². The van der Waals surface area contributed by atoms with E-state index in [1.165, 1.54) is 18.2 Å². The van der Waals surface area contributed by atoms with Crippen LogP contribution >= 0.6 is 11.6 Å². The van der Waals surface area contributed by atoms with Gasteiger partial charge in [-0.05, 0) is 36.8 Å². The minimum atomic E-state index is -3.79. The molecule has 1 N–H and O–H groups in total. The van der Waals surface area contributed by atoms with Gasteiger partial charge in [0.25, 0.3) is 0 Å². The number of nitrogens with zero attached hydrogens (tertiary/aromatic N) is 1. The lowest BCUT2D eigenvalue weighted by atomic mass is 10.0. The van der Waals surface area contributed by atoms with Crippen molar-refractivity contribution in [2.75, 3.05) is 0 Å². The molecule has 3 aromatic rings. The van der Waals surface area contributed by atoms with Crippen molar-refractivity contribution in [3.05, 3.63) is 88.3 Å². The molecule has 0 saturated heterocycles. The van der Waals surface area contributed by atoms with Gasteiger partial charge in [-0.3, -0.25) is 4.98 Å². The molecule has 0 aliphatic heterocycles. The van der Waals surface area contributed by atoms with Crippen LogP contribution in [0, 0.1) is 12.7 Å². The summed E-state index contributed by atoms with van der Waals surface area (Å²) in [6.45, 7) is 2.03. The normalized spacial score (nSPS) is 11.5. The van der Waals surface area contributed by atoms with E-state index in [-0.39, 0.29) is 17.1 Å². The van der Waals surface area contributed by atoms with Gasteiger partial charge in [-0.25, -0.2) is 17.5 Å². The molecule has 0 radical (unpaired) electrons. The van der Waals surface area contributed by atoms with Crippen molar-refractivity contribution in [3.63, 3.8) is 0 Å². The molecule has 140 valence electrons. The fourth-order valence-corrected chi connectivity index (χ4v) is 4.19. The molecule has 0 bridgehead atoms. The third-order valence-electron chi connectivity index (χ3n) is 4.06. The summed E-state index contributed by atoms with van der Waals surface area (Å²) in [6.07, 6.45) is 1.66. The second-order valence-electron chi connectivity index (χ2n) is 6.16. The molecule has 0 amide bonds. The zero-order chi connectivity index (χ0) is 19.4. The Morgan fingerprint density at radius 2 is 1.89 bits per heavy atom. The second kappa shape index (κ2) is 8.17.